The van der Waals surface area contributed by atoms with Gasteiger partial charge in [0.25, 0.3) is 5.56 Å². The zero-order chi connectivity index (χ0) is 21.5. The molecule has 0 amide bonds. The topological polar surface area (TPSA) is 52.0 Å². The van der Waals surface area contributed by atoms with Crippen LogP contribution in [0.2, 0.25) is 0 Å². The number of aryl methyl sites for hydroxylation is 3. The number of fused-ring (bicyclic) bond motifs is 3. The molecule has 156 valence electrons. The van der Waals surface area contributed by atoms with E-state index < -0.39 is 0 Å². The summed E-state index contributed by atoms with van der Waals surface area (Å²) in [5.41, 5.74) is 2.78. The fraction of sp³-hybridized carbons (Fsp3) is 0.240. The molecule has 0 spiro atoms. The Balaban J connectivity index is 1.62. The van der Waals surface area contributed by atoms with Crippen molar-refractivity contribution < 1.29 is 9.18 Å². The molecule has 2 aromatic heterocycles. The Morgan fingerprint density at radius 2 is 1.97 bits per heavy atom. The molecule has 31 heavy (non-hydrogen) atoms. The highest BCUT2D eigenvalue weighted by atomic mass is 32.1. The maximum absolute atomic E-state index is 13.7. The van der Waals surface area contributed by atoms with Gasteiger partial charge in [-0.3, -0.25) is 14.2 Å². The molecule has 0 unspecified atom stereocenters. The Kier molecular flexibility index (Phi) is 5.02. The lowest BCUT2D eigenvalue weighted by Gasteiger charge is -2.13. The first kappa shape index (κ1) is 19.8. The molecule has 0 aliphatic heterocycles. The van der Waals surface area contributed by atoms with Gasteiger partial charge in [0.05, 0.1) is 11.9 Å². The summed E-state index contributed by atoms with van der Waals surface area (Å²) in [7, 11) is 0. The first-order valence-corrected chi connectivity index (χ1v) is 11.2. The summed E-state index contributed by atoms with van der Waals surface area (Å²) < 4.78 is 15.2. The van der Waals surface area contributed by atoms with Crippen molar-refractivity contribution in [2.45, 2.75) is 39.2 Å². The van der Waals surface area contributed by atoms with Gasteiger partial charge in [-0.1, -0.05) is 30.3 Å². The van der Waals surface area contributed by atoms with Crippen LogP contribution in [0.25, 0.3) is 10.2 Å². The molecule has 0 N–H and O–H groups in total. The van der Waals surface area contributed by atoms with Crippen LogP contribution in [0.1, 0.15) is 44.2 Å². The maximum atomic E-state index is 13.7. The van der Waals surface area contributed by atoms with Crippen LogP contribution in [0.5, 0.6) is 0 Å². The van der Waals surface area contributed by atoms with Crippen molar-refractivity contribution >= 4 is 27.3 Å². The van der Waals surface area contributed by atoms with Gasteiger partial charge in [-0.05, 0) is 61.1 Å². The van der Waals surface area contributed by atoms with Gasteiger partial charge in [0.2, 0.25) is 0 Å². The molecule has 6 heteroatoms. The number of carbonyl (C=O) groups is 1. The number of nitrogens with zero attached hydrogens (tertiary/aromatic N) is 2. The summed E-state index contributed by atoms with van der Waals surface area (Å²) in [5, 5.41) is 0.664. The molecule has 1 aliphatic rings. The van der Waals surface area contributed by atoms with E-state index in [1.165, 1.54) is 27.6 Å². The Hall–Kier alpha value is -3.12. The number of ketones is 1. The van der Waals surface area contributed by atoms with Crippen molar-refractivity contribution in [1.29, 1.82) is 0 Å². The normalized spacial score (nSPS) is 13.0. The van der Waals surface area contributed by atoms with E-state index in [2.05, 4.69) is 0 Å². The minimum absolute atomic E-state index is 0.111. The average Bonchev–Trinajstić information content (AvgIpc) is 3.34. The Morgan fingerprint density at radius 3 is 2.74 bits per heavy atom. The Morgan fingerprint density at radius 1 is 1.16 bits per heavy atom. The molecule has 0 radical (unpaired) electrons. The third kappa shape index (κ3) is 3.61. The SMILES string of the molecule is Cc1cc(C(=O)Cn2c(Cc3ccccc3)nc3sc4c(c3c2=O)CCC4)ccc1F. The van der Waals surface area contributed by atoms with Crippen molar-refractivity contribution in [3.05, 3.63) is 97.7 Å². The van der Waals surface area contributed by atoms with Crippen molar-refractivity contribution in [2.24, 2.45) is 0 Å². The zero-order valence-corrected chi connectivity index (χ0v) is 18.0. The van der Waals surface area contributed by atoms with Gasteiger partial charge in [0, 0.05) is 16.9 Å². The first-order valence-electron chi connectivity index (χ1n) is 10.4. The highest BCUT2D eigenvalue weighted by Crippen LogP contribution is 2.35. The molecule has 0 atom stereocenters. The van der Waals surface area contributed by atoms with Crippen LogP contribution in [0.15, 0.2) is 53.3 Å². The number of hydrogen-bond acceptors (Lipinski definition) is 4. The molecule has 0 fully saturated rings. The number of benzene rings is 2. The predicted octanol–water partition coefficient (Wildman–Crippen LogP) is 4.87. The van der Waals surface area contributed by atoms with Crippen molar-refractivity contribution in [3.63, 3.8) is 0 Å². The lowest BCUT2D eigenvalue weighted by molar-refractivity contribution is 0.0969. The monoisotopic (exact) mass is 432 g/mol. The number of Topliss-reactive ketones (excluding diaryl/α,β-unsaturated/α-hetero) is 1. The largest absolute Gasteiger partial charge is 0.292 e. The van der Waals surface area contributed by atoms with Crippen LogP contribution >= 0.6 is 11.3 Å². The number of rotatable bonds is 5. The lowest BCUT2D eigenvalue weighted by atomic mass is 10.1. The lowest BCUT2D eigenvalue weighted by Crippen LogP contribution is -2.29. The van der Waals surface area contributed by atoms with Crippen LogP contribution < -0.4 is 5.56 Å². The van der Waals surface area contributed by atoms with Gasteiger partial charge in [0.15, 0.2) is 5.78 Å². The molecular formula is C25H21FN2O2S. The third-order valence-electron chi connectivity index (χ3n) is 5.89. The molecule has 1 aliphatic carbocycles. The second-order valence-corrected chi connectivity index (χ2v) is 9.09. The van der Waals surface area contributed by atoms with Crippen LogP contribution in [-0.4, -0.2) is 15.3 Å². The summed E-state index contributed by atoms with van der Waals surface area (Å²) >= 11 is 1.60. The molecule has 5 rings (SSSR count). The summed E-state index contributed by atoms with van der Waals surface area (Å²) in [6.07, 6.45) is 3.38. The second-order valence-electron chi connectivity index (χ2n) is 8.01. The van der Waals surface area contributed by atoms with E-state index in [1.807, 2.05) is 30.3 Å². The van der Waals surface area contributed by atoms with E-state index in [-0.39, 0.29) is 23.7 Å². The molecule has 0 saturated heterocycles. The molecular weight excluding hydrogens is 411 g/mol. The van der Waals surface area contributed by atoms with Gasteiger partial charge < -0.3 is 0 Å². The summed E-state index contributed by atoms with van der Waals surface area (Å²) in [4.78, 5) is 33.4. The van der Waals surface area contributed by atoms with Crippen molar-refractivity contribution in [1.82, 2.24) is 9.55 Å². The molecule has 4 aromatic rings. The smallest absolute Gasteiger partial charge is 0.262 e. The highest BCUT2D eigenvalue weighted by molar-refractivity contribution is 7.18. The van der Waals surface area contributed by atoms with E-state index in [4.69, 9.17) is 4.98 Å². The Labute approximate surface area is 183 Å². The van der Waals surface area contributed by atoms with Crippen molar-refractivity contribution in [2.75, 3.05) is 0 Å². The van der Waals surface area contributed by atoms with Crippen LogP contribution in [0.4, 0.5) is 4.39 Å². The molecule has 4 nitrogen and oxygen atoms in total. The molecule has 2 heterocycles. The maximum Gasteiger partial charge on any atom is 0.262 e. The number of aromatic nitrogens is 2. The quantitative estimate of drug-likeness (QED) is 0.423. The number of thiophene rings is 1. The second kappa shape index (κ2) is 7.85. The fourth-order valence-electron chi connectivity index (χ4n) is 4.25. The van der Waals surface area contributed by atoms with Gasteiger partial charge in [-0.15, -0.1) is 11.3 Å². The van der Waals surface area contributed by atoms with E-state index >= 15 is 0 Å². The van der Waals surface area contributed by atoms with Crippen LogP contribution in [0.3, 0.4) is 0 Å². The Bertz CT molecular complexity index is 1370. The highest BCUT2D eigenvalue weighted by Gasteiger charge is 2.24. The van der Waals surface area contributed by atoms with E-state index in [1.54, 1.807) is 18.3 Å². The molecule has 2 aromatic carbocycles. The van der Waals surface area contributed by atoms with E-state index in [0.717, 1.165) is 35.2 Å². The predicted molar refractivity (Wildman–Crippen MR) is 121 cm³/mol. The van der Waals surface area contributed by atoms with E-state index in [0.29, 0.717) is 28.8 Å². The average molecular weight is 433 g/mol. The molecule has 0 bridgehead atoms. The van der Waals surface area contributed by atoms with Gasteiger partial charge in [-0.25, -0.2) is 9.37 Å². The van der Waals surface area contributed by atoms with Crippen LogP contribution in [-0.2, 0) is 25.8 Å². The zero-order valence-electron chi connectivity index (χ0n) is 17.2. The first-order chi connectivity index (χ1) is 15.0. The van der Waals surface area contributed by atoms with Crippen molar-refractivity contribution in [3.8, 4) is 0 Å². The van der Waals surface area contributed by atoms with Gasteiger partial charge in [-0.2, -0.15) is 0 Å². The number of hydrogen-bond donors (Lipinski definition) is 0. The summed E-state index contributed by atoms with van der Waals surface area (Å²) in [5.74, 6) is -0.00116. The minimum Gasteiger partial charge on any atom is -0.292 e. The minimum atomic E-state index is -0.351. The van der Waals surface area contributed by atoms with Gasteiger partial charge in [0.1, 0.15) is 16.5 Å². The third-order valence-corrected chi connectivity index (χ3v) is 7.08. The molecule has 0 saturated carbocycles. The van der Waals surface area contributed by atoms with E-state index in [9.17, 15) is 14.0 Å². The van der Waals surface area contributed by atoms with Crippen LogP contribution in [0, 0.1) is 12.7 Å². The van der Waals surface area contributed by atoms with Gasteiger partial charge >= 0.3 is 0 Å². The number of halogens is 1. The summed E-state index contributed by atoms with van der Waals surface area (Å²) in [6, 6.07) is 14.1. The number of carbonyl (C=O) groups excluding carboxylic acids is 1. The summed E-state index contributed by atoms with van der Waals surface area (Å²) in [6.45, 7) is 1.51. The standard InChI is InChI=1S/C25H21FN2O2S/c1-15-12-17(10-11-19(15)26)20(29)14-28-22(13-16-6-3-2-4-7-16)27-24-23(25(28)30)18-8-5-9-21(18)31-24/h2-4,6-7,10-12H,5,8-9,13-14H2,1H3. The fourth-order valence-corrected chi connectivity index (χ4v) is 5.52.